The van der Waals surface area contributed by atoms with Crippen LogP contribution in [0.5, 0.6) is 17.4 Å². The van der Waals surface area contributed by atoms with Crippen LogP contribution >= 0.6 is 0 Å². The van der Waals surface area contributed by atoms with Crippen molar-refractivity contribution in [3.8, 4) is 17.4 Å². The summed E-state index contributed by atoms with van der Waals surface area (Å²) in [7, 11) is 4.25. The van der Waals surface area contributed by atoms with E-state index in [9.17, 15) is 4.79 Å². The molecule has 10 nitrogen and oxygen atoms in total. The molecule has 2 heterocycles. The summed E-state index contributed by atoms with van der Waals surface area (Å²) in [6.07, 6.45) is 2.68. The number of nitrogens with one attached hydrogen (secondary N) is 2. The van der Waals surface area contributed by atoms with Gasteiger partial charge in [-0.25, -0.2) is 4.98 Å². The van der Waals surface area contributed by atoms with Gasteiger partial charge < -0.3 is 29.9 Å². The fourth-order valence-corrected chi connectivity index (χ4v) is 5.49. The Morgan fingerprint density at radius 3 is 2.28 bits per heavy atom. The summed E-state index contributed by atoms with van der Waals surface area (Å²) in [6.45, 7) is 12.7. The quantitative estimate of drug-likeness (QED) is 0.177. The summed E-state index contributed by atoms with van der Waals surface area (Å²) in [5, 5.41) is 6.30. The van der Waals surface area contributed by atoms with Crippen molar-refractivity contribution in [2.45, 2.75) is 27.2 Å². The highest BCUT2D eigenvalue weighted by atomic mass is 16.5. The number of carbonyl (C=O) groups is 1. The van der Waals surface area contributed by atoms with Gasteiger partial charge in [0.1, 0.15) is 5.56 Å². The normalized spacial score (nSPS) is 13.5. The van der Waals surface area contributed by atoms with Crippen LogP contribution in [0, 0.1) is 13.8 Å². The predicted molar refractivity (Wildman–Crippen MR) is 185 cm³/mol. The highest BCUT2D eigenvalue weighted by Crippen LogP contribution is 2.33. The van der Waals surface area contributed by atoms with Crippen molar-refractivity contribution in [1.29, 1.82) is 0 Å². The first kappa shape index (κ1) is 32.7. The minimum Gasteiger partial charge on any atom is -0.490 e. The minimum atomic E-state index is -0.366. The number of aromatic nitrogens is 2. The van der Waals surface area contributed by atoms with Crippen molar-refractivity contribution in [2.24, 2.45) is 0 Å². The Bertz CT molecular complexity index is 1580. The van der Waals surface area contributed by atoms with Crippen LogP contribution in [-0.4, -0.2) is 85.6 Å². The first-order valence-electron chi connectivity index (χ1n) is 15.9. The highest BCUT2D eigenvalue weighted by Gasteiger charge is 2.21. The van der Waals surface area contributed by atoms with Crippen LogP contribution in [-0.2, 0) is 0 Å². The van der Waals surface area contributed by atoms with Gasteiger partial charge in [0.25, 0.3) is 5.91 Å². The van der Waals surface area contributed by atoms with Crippen molar-refractivity contribution in [2.75, 3.05) is 75.5 Å². The maximum atomic E-state index is 13.6. The van der Waals surface area contributed by atoms with Gasteiger partial charge in [-0.3, -0.25) is 9.69 Å². The van der Waals surface area contributed by atoms with Crippen LogP contribution in [0.3, 0.4) is 0 Å². The monoisotopic (exact) mass is 623 g/mol. The van der Waals surface area contributed by atoms with Crippen molar-refractivity contribution < 1.29 is 14.3 Å². The Kier molecular flexibility index (Phi) is 11.1. The molecule has 10 heteroatoms. The van der Waals surface area contributed by atoms with Gasteiger partial charge in [-0.2, -0.15) is 4.98 Å². The summed E-state index contributed by atoms with van der Waals surface area (Å²) >= 11 is 0. The first-order chi connectivity index (χ1) is 22.3. The summed E-state index contributed by atoms with van der Waals surface area (Å²) in [6, 6.07) is 21.5. The predicted octanol–water partition coefficient (Wildman–Crippen LogP) is 6.35. The molecule has 242 valence electrons. The van der Waals surface area contributed by atoms with E-state index >= 15 is 0 Å². The number of nitrogens with zero attached hydrogens (tertiary/aromatic N) is 5. The highest BCUT2D eigenvalue weighted by molar-refractivity contribution is 6.06. The van der Waals surface area contributed by atoms with Crippen LogP contribution in [0.2, 0.25) is 0 Å². The molecular weight excluding hydrogens is 578 g/mol. The average Bonchev–Trinajstić information content (AvgIpc) is 3.04. The van der Waals surface area contributed by atoms with E-state index < -0.39 is 0 Å². The summed E-state index contributed by atoms with van der Waals surface area (Å²) in [4.78, 5) is 29.9. The van der Waals surface area contributed by atoms with Gasteiger partial charge in [-0.1, -0.05) is 30.3 Å². The van der Waals surface area contributed by atoms with Gasteiger partial charge >= 0.3 is 0 Å². The maximum absolute atomic E-state index is 13.6. The maximum Gasteiger partial charge on any atom is 0.262 e. The average molecular weight is 624 g/mol. The van der Waals surface area contributed by atoms with Crippen molar-refractivity contribution in [3.63, 3.8) is 0 Å². The lowest BCUT2D eigenvalue weighted by atomic mass is 10.1. The lowest BCUT2D eigenvalue weighted by Crippen LogP contribution is -2.46. The topological polar surface area (TPSA) is 95.1 Å². The molecule has 4 aromatic rings. The lowest BCUT2D eigenvalue weighted by Gasteiger charge is -2.36. The van der Waals surface area contributed by atoms with Gasteiger partial charge in [0.2, 0.25) is 11.8 Å². The smallest absolute Gasteiger partial charge is 0.262 e. The SMILES string of the molecule is CCOc1ccccc1Oc1nc(Nc2ccc(N3CCN(CCCN(C)C)CC3)cc2)ncc1C(=O)Nc1c(C)cccc1C. The summed E-state index contributed by atoms with van der Waals surface area (Å²) in [5.74, 6) is 1.08. The number of hydrogen-bond donors (Lipinski definition) is 2. The molecule has 1 amide bonds. The van der Waals surface area contributed by atoms with E-state index in [4.69, 9.17) is 9.47 Å². The molecule has 1 saturated heterocycles. The van der Waals surface area contributed by atoms with Gasteiger partial charge in [0.15, 0.2) is 11.5 Å². The fourth-order valence-electron chi connectivity index (χ4n) is 5.49. The molecule has 1 aromatic heterocycles. The van der Waals surface area contributed by atoms with E-state index in [0.29, 0.717) is 24.1 Å². The molecule has 1 fully saturated rings. The van der Waals surface area contributed by atoms with Crippen LogP contribution in [0.15, 0.2) is 72.9 Å². The Labute approximate surface area is 272 Å². The first-order valence-corrected chi connectivity index (χ1v) is 15.9. The molecule has 5 rings (SSSR count). The van der Waals surface area contributed by atoms with E-state index in [2.05, 4.69) is 61.5 Å². The molecule has 0 spiro atoms. The largest absolute Gasteiger partial charge is 0.490 e. The molecule has 0 atom stereocenters. The van der Waals surface area contributed by atoms with Crippen LogP contribution in [0.4, 0.5) is 23.0 Å². The summed E-state index contributed by atoms with van der Waals surface area (Å²) in [5.41, 5.74) is 4.90. The second-order valence-corrected chi connectivity index (χ2v) is 11.8. The lowest BCUT2D eigenvalue weighted by molar-refractivity contribution is 0.102. The number of anilines is 4. The number of aryl methyl sites for hydroxylation is 2. The number of benzene rings is 3. The second-order valence-electron chi connectivity index (χ2n) is 11.8. The Balaban J connectivity index is 1.31. The molecule has 1 aliphatic heterocycles. The van der Waals surface area contributed by atoms with Gasteiger partial charge in [0.05, 0.1) is 6.61 Å². The number of ether oxygens (including phenoxy) is 2. The van der Waals surface area contributed by atoms with Gasteiger partial charge in [-0.15, -0.1) is 0 Å². The Morgan fingerprint density at radius 1 is 0.913 bits per heavy atom. The number of rotatable bonds is 13. The number of hydrogen-bond acceptors (Lipinski definition) is 9. The van der Waals surface area contributed by atoms with Crippen molar-refractivity contribution >= 4 is 28.9 Å². The molecule has 0 aliphatic carbocycles. The van der Waals surface area contributed by atoms with Crippen LogP contribution < -0.4 is 25.0 Å². The Morgan fingerprint density at radius 2 is 1.61 bits per heavy atom. The third-order valence-electron chi connectivity index (χ3n) is 8.01. The minimum absolute atomic E-state index is 0.119. The van der Waals surface area contributed by atoms with Crippen molar-refractivity contribution in [1.82, 2.24) is 19.8 Å². The number of amides is 1. The standard InChI is InChI=1S/C36H45N7O3/c1-6-45-31-13-7-8-14-32(31)46-35-30(34(44)39-33-26(2)11-9-12-27(33)3)25-37-36(40-35)38-28-15-17-29(18-16-28)43-23-21-42(22-24-43)20-10-19-41(4)5/h7-9,11-18,25H,6,10,19-24H2,1-5H3,(H,39,44)(H,37,38,40). The summed E-state index contributed by atoms with van der Waals surface area (Å²) < 4.78 is 12.0. The molecular formula is C36H45N7O3. The van der Waals surface area contributed by atoms with Crippen LogP contribution in [0.25, 0.3) is 0 Å². The Hall–Kier alpha value is -4.67. The van der Waals surface area contributed by atoms with E-state index in [1.54, 1.807) is 6.07 Å². The third-order valence-corrected chi connectivity index (χ3v) is 8.01. The molecule has 46 heavy (non-hydrogen) atoms. The fraction of sp³-hybridized carbons (Fsp3) is 0.361. The zero-order chi connectivity index (χ0) is 32.5. The molecule has 2 N–H and O–H groups in total. The second kappa shape index (κ2) is 15.6. The molecule has 0 bridgehead atoms. The van der Waals surface area contributed by atoms with E-state index in [1.807, 2.05) is 69.3 Å². The van der Waals surface area contributed by atoms with E-state index in [-0.39, 0.29) is 17.4 Å². The van der Waals surface area contributed by atoms with Crippen molar-refractivity contribution in [3.05, 3.63) is 89.6 Å². The molecule has 0 saturated carbocycles. The van der Waals surface area contributed by atoms with Crippen LogP contribution in [0.1, 0.15) is 34.8 Å². The zero-order valence-corrected chi connectivity index (χ0v) is 27.5. The van der Waals surface area contributed by atoms with Gasteiger partial charge in [0, 0.05) is 49.4 Å². The molecule has 1 aliphatic rings. The molecule has 3 aromatic carbocycles. The number of para-hydroxylation sites is 3. The number of piperazine rings is 1. The van der Waals surface area contributed by atoms with Gasteiger partial charge in [-0.05, 0) is 102 Å². The van der Waals surface area contributed by atoms with E-state index in [1.165, 1.54) is 18.3 Å². The zero-order valence-electron chi connectivity index (χ0n) is 27.5. The third kappa shape index (κ3) is 8.52. The molecule has 0 unspecified atom stereocenters. The number of carbonyl (C=O) groups excluding carboxylic acids is 1. The molecule has 0 radical (unpaired) electrons. The van der Waals surface area contributed by atoms with E-state index in [0.717, 1.165) is 61.8 Å².